The Morgan fingerprint density at radius 2 is 2.00 bits per heavy atom. The van der Waals surface area contributed by atoms with Crippen LogP contribution in [-0.4, -0.2) is 48.3 Å². The van der Waals surface area contributed by atoms with E-state index in [9.17, 15) is 9.90 Å². The number of carbonyl (C=O) groups is 1. The minimum atomic E-state index is -0.0919. The molecule has 0 unspecified atom stereocenters. The SMILES string of the molecule is CC[C@H]1OCCC[C@@H]1C(=O)N1CCC(CO)(Cc2ccccc2)CC1. The molecule has 4 nitrogen and oxygen atoms in total. The summed E-state index contributed by atoms with van der Waals surface area (Å²) in [5.74, 6) is 0.285. The van der Waals surface area contributed by atoms with Crippen molar-refractivity contribution in [3.63, 3.8) is 0 Å². The van der Waals surface area contributed by atoms with Gasteiger partial charge < -0.3 is 14.7 Å². The fraction of sp³-hybridized carbons (Fsp3) is 0.667. The van der Waals surface area contributed by atoms with E-state index < -0.39 is 0 Å². The third-order valence-electron chi connectivity index (χ3n) is 6.05. The van der Waals surface area contributed by atoms with Crippen molar-refractivity contribution in [3.8, 4) is 0 Å². The second-order valence-corrected chi connectivity index (χ2v) is 7.71. The summed E-state index contributed by atoms with van der Waals surface area (Å²) in [7, 11) is 0. The van der Waals surface area contributed by atoms with Crippen LogP contribution in [0.4, 0.5) is 0 Å². The first-order valence-electron chi connectivity index (χ1n) is 9.72. The van der Waals surface area contributed by atoms with Gasteiger partial charge in [0.1, 0.15) is 0 Å². The van der Waals surface area contributed by atoms with Gasteiger partial charge in [-0.1, -0.05) is 37.3 Å². The molecule has 2 aliphatic heterocycles. The topological polar surface area (TPSA) is 49.8 Å². The summed E-state index contributed by atoms with van der Waals surface area (Å²) in [6.07, 6.45) is 5.53. The van der Waals surface area contributed by atoms with Gasteiger partial charge in [0.2, 0.25) is 5.91 Å². The van der Waals surface area contributed by atoms with Gasteiger partial charge in [0.25, 0.3) is 0 Å². The summed E-state index contributed by atoms with van der Waals surface area (Å²) in [6, 6.07) is 10.4. The molecule has 3 rings (SSSR count). The number of amides is 1. The molecule has 2 heterocycles. The average molecular weight is 345 g/mol. The number of aliphatic hydroxyl groups excluding tert-OH is 1. The van der Waals surface area contributed by atoms with Gasteiger partial charge in [-0.15, -0.1) is 0 Å². The summed E-state index contributed by atoms with van der Waals surface area (Å²) >= 11 is 0. The number of rotatable bonds is 5. The highest BCUT2D eigenvalue weighted by molar-refractivity contribution is 5.79. The van der Waals surface area contributed by atoms with Crippen LogP contribution in [0.1, 0.15) is 44.6 Å². The largest absolute Gasteiger partial charge is 0.396 e. The molecule has 2 saturated heterocycles. The molecule has 1 aromatic carbocycles. The van der Waals surface area contributed by atoms with E-state index >= 15 is 0 Å². The lowest BCUT2D eigenvalue weighted by molar-refractivity contribution is -0.148. The summed E-state index contributed by atoms with van der Waals surface area (Å²) in [5, 5.41) is 10.0. The maximum Gasteiger partial charge on any atom is 0.228 e. The van der Waals surface area contributed by atoms with E-state index in [4.69, 9.17) is 4.74 Å². The van der Waals surface area contributed by atoms with Crippen LogP contribution in [0.3, 0.4) is 0 Å². The molecule has 1 amide bonds. The summed E-state index contributed by atoms with van der Waals surface area (Å²) in [4.78, 5) is 15.0. The van der Waals surface area contributed by atoms with Crippen molar-refractivity contribution in [3.05, 3.63) is 35.9 Å². The average Bonchev–Trinajstić information content (AvgIpc) is 2.68. The second-order valence-electron chi connectivity index (χ2n) is 7.71. The van der Waals surface area contributed by atoms with E-state index in [-0.39, 0.29) is 30.0 Å². The molecule has 1 aromatic rings. The maximum atomic E-state index is 13.0. The van der Waals surface area contributed by atoms with Crippen LogP contribution in [-0.2, 0) is 16.0 Å². The molecule has 0 saturated carbocycles. The lowest BCUT2D eigenvalue weighted by Gasteiger charge is -2.43. The monoisotopic (exact) mass is 345 g/mol. The Hall–Kier alpha value is -1.39. The Labute approximate surface area is 151 Å². The Kier molecular flexibility index (Phi) is 6.13. The lowest BCUT2D eigenvalue weighted by atomic mass is 9.74. The number of ether oxygens (including phenoxy) is 1. The normalized spacial score (nSPS) is 26.4. The molecule has 1 N–H and O–H groups in total. The number of piperidine rings is 1. The second kappa shape index (κ2) is 8.33. The van der Waals surface area contributed by atoms with Gasteiger partial charge in [-0.2, -0.15) is 0 Å². The van der Waals surface area contributed by atoms with E-state index in [0.29, 0.717) is 0 Å². The fourth-order valence-corrected chi connectivity index (χ4v) is 4.38. The number of hydrogen-bond donors (Lipinski definition) is 1. The predicted octanol–water partition coefficient (Wildman–Crippen LogP) is 3.04. The molecule has 2 aliphatic rings. The van der Waals surface area contributed by atoms with Crippen LogP contribution in [0.2, 0.25) is 0 Å². The summed E-state index contributed by atoms with van der Waals surface area (Å²) in [5.41, 5.74) is 1.17. The molecular weight excluding hydrogens is 314 g/mol. The quantitative estimate of drug-likeness (QED) is 0.892. The zero-order valence-electron chi connectivity index (χ0n) is 15.3. The molecule has 4 heteroatoms. The molecule has 0 aromatic heterocycles. The third kappa shape index (κ3) is 4.24. The number of nitrogens with zero attached hydrogens (tertiary/aromatic N) is 1. The van der Waals surface area contributed by atoms with Crippen LogP contribution in [0.15, 0.2) is 30.3 Å². The zero-order chi connectivity index (χ0) is 17.7. The third-order valence-corrected chi connectivity index (χ3v) is 6.05. The van der Waals surface area contributed by atoms with Gasteiger partial charge in [0.05, 0.1) is 12.0 Å². The van der Waals surface area contributed by atoms with E-state index in [2.05, 4.69) is 19.1 Å². The van der Waals surface area contributed by atoms with Crippen LogP contribution in [0.5, 0.6) is 0 Å². The first-order valence-corrected chi connectivity index (χ1v) is 9.72. The van der Waals surface area contributed by atoms with E-state index in [0.717, 1.165) is 58.2 Å². The molecule has 2 fully saturated rings. The zero-order valence-corrected chi connectivity index (χ0v) is 15.3. The smallest absolute Gasteiger partial charge is 0.228 e. The van der Waals surface area contributed by atoms with E-state index in [1.165, 1.54) is 5.56 Å². The Balaban J connectivity index is 1.60. The molecule has 0 radical (unpaired) electrons. The minimum Gasteiger partial charge on any atom is -0.396 e. The standard InChI is InChI=1S/C21H31NO3/c1-2-19-18(9-6-14-25-19)20(24)22-12-10-21(16-23,11-13-22)15-17-7-4-3-5-8-17/h3-5,7-8,18-19,23H,2,6,9-16H2,1H3/t18-,19+/m0/s1. The van der Waals surface area contributed by atoms with Crippen molar-refractivity contribution < 1.29 is 14.6 Å². The summed E-state index contributed by atoms with van der Waals surface area (Å²) in [6.45, 7) is 4.57. The Bertz CT molecular complexity index is 552. The molecule has 0 aliphatic carbocycles. The van der Waals surface area contributed by atoms with Crippen LogP contribution < -0.4 is 0 Å². The van der Waals surface area contributed by atoms with Gasteiger partial charge in [-0.3, -0.25) is 4.79 Å². The fourth-order valence-electron chi connectivity index (χ4n) is 4.38. The van der Waals surface area contributed by atoms with Crippen molar-refractivity contribution in [2.75, 3.05) is 26.3 Å². The van der Waals surface area contributed by atoms with Crippen molar-refractivity contribution in [1.29, 1.82) is 0 Å². The molecule has 2 atom stereocenters. The maximum absolute atomic E-state index is 13.0. The highest BCUT2D eigenvalue weighted by atomic mass is 16.5. The Morgan fingerprint density at radius 1 is 1.28 bits per heavy atom. The number of hydrogen-bond acceptors (Lipinski definition) is 3. The van der Waals surface area contributed by atoms with Crippen molar-refractivity contribution in [1.82, 2.24) is 4.90 Å². The van der Waals surface area contributed by atoms with Crippen LogP contribution in [0, 0.1) is 11.3 Å². The van der Waals surface area contributed by atoms with Gasteiger partial charge >= 0.3 is 0 Å². The Morgan fingerprint density at radius 3 is 2.64 bits per heavy atom. The number of likely N-dealkylation sites (tertiary alicyclic amines) is 1. The van der Waals surface area contributed by atoms with Crippen molar-refractivity contribution in [2.45, 2.75) is 51.6 Å². The molecule has 25 heavy (non-hydrogen) atoms. The van der Waals surface area contributed by atoms with Crippen LogP contribution >= 0.6 is 0 Å². The molecule has 138 valence electrons. The molecule has 0 spiro atoms. The van der Waals surface area contributed by atoms with E-state index in [1.807, 2.05) is 23.1 Å². The first-order chi connectivity index (χ1) is 12.2. The number of carbonyl (C=O) groups excluding carboxylic acids is 1. The van der Waals surface area contributed by atoms with Gasteiger partial charge in [0.15, 0.2) is 0 Å². The molecule has 0 bridgehead atoms. The van der Waals surface area contributed by atoms with Gasteiger partial charge in [-0.05, 0) is 44.1 Å². The predicted molar refractivity (Wildman–Crippen MR) is 98.2 cm³/mol. The minimum absolute atomic E-state index is 0.0227. The summed E-state index contributed by atoms with van der Waals surface area (Å²) < 4.78 is 5.81. The van der Waals surface area contributed by atoms with Crippen LogP contribution in [0.25, 0.3) is 0 Å². The number of benzene rings is 1. The van der Waals surface area contributed by atoms with Crippen molar-refractivity contribution >= 4 is 5.91 Å². The van der Waals surface area contributed by atoms with Crippen molar-refractivity contribution in [2.24, 2.45) is 11.3 Å². The van der Waals surface area contributed by atoms with E-state index in [1.54, 1.807) is 0 Å². The van der Waals surface area contributed by atoms with Gasteiger partial charge in [-0.25, -0.2) is 0 Å². The highest BCUT2D eigenvalue weighted by Gasteiger charge is 2.39. The number of aliphatic hydroxyl groups is 1. The first kappa shape index (κ1) is 18.4. The lowest BCUT2D eigenvalue weighted by Crippen LogP contribution is -2.50. The molecular formula is C21H31NO3. The highest BCUT2D eigenvalue weighted by Crippen LogP contribution is 2.36. The van der Waals surface area contributed by atoms with Gasteiger partial charge in [0, 0.05) is 31.7 Å².